The van der Waals surface area contributed by atoms with Gasteiger partial charge in [0.2, 0.25) is 0 Å². The number of aliphatic hydroxyl groups is 2. The van der Waals surface area contributed by atoms with E-state index in [1.54, 1.807) is 0 Å². The Hall–Kier alpha value is -0.120. The van der Waals surface area contributed by atoms with Crippen molar-refractivity contribution in [1.82, 2.24) is 5.32 Å². The Bertz CT molecular complexity index is 133. The third-order valence-electron chi connectivity index (χ3n) is 2.91. The molecule has 0 aromatic rings. The summed E-state index contributed by atoms with van der Waals surface area (Å²) in [6.45, 7) is 5.54. The topological polar surface area (TPSA) is 52.5 Å². The standard InChI is InChI=1S/C9H19NO2/c1-9(2)7(11)3-5-10-6-4-8(9)12/h7-8,10-12H,3-6H2,1-2H3. The van der Waals surface area contributed by atoms with Crippen molar-refractivity contribution >= 4 is 0 Å². The quantitative estimate of drug-likeness (QED) is 0.487. The lowest BCUT2D eigenvalue weighted by Gasteiger charge is -2.37. The predicted molar refractivity (Wildman–Crippen MR) is 47.9 cm³/mol. The van der Waals surface area contributed by atoms with E-state index in [0.717, 1.165) is 25.9 Å². The van der Waals surface area contributed by atoms with Gasteiger partial charge in [0.25, 0.3) is 0 Å². The van der Waals surface area contributed by atoms with Crippen LogP contribution in [0, 0.1) is 5.41 Å². The second-order valence-corrected chi connectivity index (χ2v) is 4.18. The highest BCUT2D eigenvalue weighted by atomic mass is 16.3. The summed E-state index contributed by atoms with van der Waals surface area (Å²) in [6.07, 6.45) is 0.647. The summed E-state index contributed by atoms with van der Waals surface area (Å²) in [5.41, 5.74) is -0.359. The van der Waals surface area contributed by atoms with E-state index in [1.807, 2.05) is 13.8 Å². The lowest BCUT2D eigenvalue weighted by Crippen LogP contribution is -2.45. The largest absolute Gasteiger partial charge is 0.392 e. The van der Waals surface area contributed by atoms with Gasteiger partial charge in [0, 0.05) is 5.41 Å². The zero-order valence-electron chi connectivity index (χ0n) is 7.88. The molecule has 0 amide bonds. The van der Waals surface area contributed by atoms with Gasteiger partial charge in [-0.15, -0.1) is 0 Å². The van der Waals surface area contributed by atoms with Crippen molar-refractivity contribution in [2.45, 2.75) is 38.9 Å². The van der Waals surface area contributed by atoms with E-state index in [0.29, 0.717) is 0 Å². The summed E-state index contributed by atoms with van der Waals surface area (Å²) < 4.78 is 0. The average molecular weight is 173 g/mol. The Morgan fingerprint density at radius 2 is 1.50 bits per heavy atom. The van der Waals surface area contributed by atoms with Crippen molar-refractivity contribution in [3.63, 3.8) is 0 Å². The van der Waals surface area contributed by atoms with E-state index >= 15 is 0 Å². The summed E-state index contributed by atoms with van der Waals surface area (Å²) in [4.78, 5) is 0. The summed E-state index contributed by atoms with van der Waals surface area (Å²) in [5, 5.41) is 22.6. The highest BCUT2D eigenvalue weighted by molar-refractivity contribution is 4.87. The molecule has 1 heterocycles. The van der Waals surface area contributed by atoms with Crippen molar-refractivity contribution < 1.29 is 10.2 Å². The van der Waals surface area contributed by atoms with Gasteiger partial charge in [-0.1, -0.05) is 13.8 Å². The summed E-state index contributed by atoms with van der Waals surface area (Å²) >= 11 is 0. The van der Waals surface area contributed by atoms with Crippen LogP contribution in [0.1, 0.15) is 26.7 Å². The SMILES string of the molecule is CC1(C)C(O)CCNCCC1O. The first-order valence-corrected chi connectivity index (χ1v) is 4.62. The van der Waals surface area contributed by atoms with Gasteiger partial charge in [-0.2, -0.15) is 0 Å². The lowest BCUT2D eigenvalue weighted by molar-refractivity contribution is -0.0582. The molecule has 3 nitrogen and oxygen atoms in total. The maximum Gasteiger partial charge on any atom is 0.0627 e. The van der Waals surface area contributed by atoms with Crippen LogP contribution in [0.25, 0.3) is 0 Å². The Morgan fingerprint density at radius 1 is 1.08 bits per heavy atom. The minimum atomic E-state index is -0.403. The average Bonchev–Trinajstić information content (AvgIpc) is 2.01. The predicted octanol–water partition coefficient (Wildman–Crippen LogP) is 0.118. The first-order chi connectivity index (χ1) is 5.55. The molecule has 2 atom stereocenters. The smallest absolute Gasteiger partial charge is 0.0627 e. The van der Waals surface area contributed by atoms with Gasteiger partial charge in [0.1, 0.15) is 0 Å². The van der Waals surface area contributed by atoms with Crippen molar-refractivity contribution in [3.8, 4) is 0 Å². The van der Waals surface area contributed by atoms with Crippen LogP contribution in [-0.4, -0.2) is 35.5 Å². The first kappa shape index (κ1) is 9.96. The van der Waals surface area contributed by atoms with Gasteiger partial charge in [0.05, 0.1) is 12.2 Å². The van der Waals surface area contributed by atoms with Crippen LogP contribution in [0.4, 0.5) is 0 Å². The molecule has 1 saturated heterocycles. The van der Waals surface area contributed by atoms with Gasteiger partial charge in [-0.05, 0) is 25.9 Å². The summed E-state index contributed by atoms with van der Waals surface area (Å²) in [5.74, 6) is 0. The summed E-state index contributed by atoms with van der Waals surface area (Å²) in [6, 6.07) is 0. The fourth-order valence-electron chi connectivity index (χ4n) is 1.57. The molecule has 0 radical (unpaired) electrons. The zero-order valence-corrected chi connectivity index (χ0v) is 7.88. The van der Waals surface area contributed by atoms with Gasteiger partial charge in [0.15, 0.2) is 0 Å². The Kier molecular flexibility index (Phi) is 3.09. The molecule has 0 aromatic heterocycles. The molecule has 0 bridgehead atoms. The zero-order chi connectivity index (χ0) is 9.19. The van der Waals surface area contributed by atoms with Crippen LogP contribution >= 0.6 is 0 Å². The van der Waals surface area contributed by atoms with Gasteiger partial charge >= 0.3 is 0 Å². The molecule has 1 aliphatic rings. The first-order valence-electron chi connectivity index (χ1n) is 4.62. The van der Waals surface area contributed by atoms with Gasteiger partial charge < -0.3 is 15.5 Å². The van der Waals surface area contributed by atoms with Crippen LogP contribution in [0.5, 0.6) is 0 Å². The van der Waals surface area contributed by atoms with Gasteiger partial charge in [-0.3, -0.25) is 0 Å². The minimum absolute atomic E-state index is 0.359. The third-order valence-corrected chi connectivity index (χ3v) is 2.91. The Balaban J connectivity index is 2.62. The maximum absolute atomic E-state index is 9.71. The van der Waals surface area contributed by atoms with Crippen molar-refractivity contribution in [2.75, 3.05) is 13.1 Å². The molecular weight excluding hydrogens is 154 g/mol. The molecule has 3 heteroatoms. The van der Waals surface area contributed by atoms with E-state index in [1.165, 1.54) is 0 Å². The molecule has 2 unspecified atom stereocenters. The van der Waals surface area contributed by atoms with Crippen molar-refractivity contribution in [3.05, 3.63) is 0 Å². The van der Waals surface area contributed by atoms with Gasteiger partial charge in [-0.25, -0.2) is 0 Å². The van der Waals surface area contributed by atoms with Crippen LogP contribution in [-0.2, 0) is 0 Å². The fraction of sp³-hybridized carbons (Fsp3) is 1.00. The monoisotopic (exact) mass is 173 g/mol. The molecule has 0 aliphatic carbocycles. The van der Waals surface area contributed by atoms with Crippen LogP contribution in [0.3, 0.4) is 0 Å². The van der Waals surface area contributed by atoms with Crippen LogP contribution in [0.2, 0.25) is 0 Å². The molecular formula is C9H19NO2. The molecule has 1 aliphatic heterocycles. The fourth-order valence-corrected chi connectivity index (χ4v) is 1.57. The molecule has 72 valence electrons. The second-order valence-electron chi connectivity index (χ2n) is 4.18. The van der Waals surface area contributed by atoms with E-state index in [2.05, 4.69) is 5.32 Å². The molecule has 12 heavy (non-hydrogen) atoms. The Labute approximate surface area is 73.8 Å². The van der Waals surface area contributed by atoms with E-state index in [4.69, 9.17) is 0 Å². The lowest BCUT2D eigenvalue weighted by atomic mass is 9.77. The highest BCUT2D eigenvalue weighted by Gasteiger charge is 2.35. The number of hydrogen-bond donors (Lipinski definition) is 3. The second kappa shape index (κ2) is 3.73. The molecule has 1 rings (SSSR count). The molecule has 1 fully saturated rings. The number of rotatable bonds is 0. The summed E-state index contributed by atoms with van der Waals surface area (Å²) in [7, 11) is 0. The molecule has 3 N–H and O–H groups in total. The molecule has 0 spiro atoms. The molecule has 0 aromatic carbocycles. The van der Waals surface area contributed by atoms with Crippen LogP contribution in [0.15, 0.2) is 0 Å². The van der Waals surface area contributed by atoms with Crippen molar-refractivity contribution in [2.24, 2.45) is 5.41 Å². The minimum Gasteiger partial charge on any atom is -0.392 e. The van der Waals surface area contributed by atoms with E-state index in [-0.39, 0.29) is 5.41 Å². The van der Waals surface area contributed by atoms with E-state index < -0.39 is 12.2 Å². The Morgan fingerprint density at radius 3 is 1.92 bits per heavy atom. The molecule has 0 saturated carbocycles. The number of aliphatic hydroxyl groups excluding tert-OH is 2. The van der Waals surface area contributed by atoms with Crippen LogP contribution < -0.4 is 5.32 Å². The number of hydrogen-bond acceptors (Lipinski definition) is 3. The van der Waals surface area contributed by atoms with Crippen molar-refractivity contribution in [1.29, 1.82) is 0 Å². The normalized spacial score (nSPS) is 37.0. The third kappa shape index (κ3) is 1.97. The maximum atomic E-state index is 9.71. The number of nitrogens with one attached hydrogen (secondary N) is 1. The van der Waals surface area contributed by atoms with E-state index in [9.17, 15) is 10.2 Å². The highest BCUT2D eigenvalue weighted by Crippen LogP contribution is 2.29.